The molecule has 3 saturated heterocycles. The number of H-pyrrole nitrogens is 2. The predicted molar refractivity (Wildman–Crippen MR) is 173 cm³/mol. The van der Waals surface area contributed by atoms with Crippen LogP contribution in [0.2, 0.25) is 0 Å². The average Bonchev–Trinajstić information content (AvgIpc) is 3.89. The van der Waals surface area contributed by atoms with Crippen LogP contribution in [0.4, 0.5) is 5.69 Å². The maximum Gasteiger partial charge on any atom is 0.124 e. The smallest absolute Gasteiger partial charge is 0.124 e. The minimum atomic E-state index is 0.233. The average molecular weight is 592 g/mol. The minimum absolute atomic E-state index is 0.233. The first kappa shape index (κ1) is 27.6. The first-order valence-corrected chi connectivity index (χ1v) is 16.2. The molecule has 5 heterocycles. The number of methoxy groups -OCH3 is 1. The fourth-order valence-electron chi connectivity index (χ4n) is 7.46. The van der Waals surface area contributed by atoms with E-state index in [9.17, 15) is 0 Å². The molecule has 9 heteroatoms. The molecule has 0 saturated carbocycles. The van der Waals surface area contributed by atoms with Crippen LogP contribution in [0, 0.1) is 0 Å². The third-order valence-corrected chi connectivity index (χ3v) is 9.67. The Morgan fingerprint density at radius 1 is 0.705 bits per heavy atom. The van der Waals surface area contributed by atoms with Crippen molar-refractivity contribution in [1.82, 2.24) is 30.6 Å². The molecule has 9 nitrogen and oxygen atoms in total. The van der Waals surface area contributed by atoms with Gasteiger partial charge in [-0.25, -0.2) is 9.97 Å². The van der Waals surface area contributed by atoms with Crippen molar-refractivity contribution < 1.29 is 9.47 Å². The van der Waals surface area contributed by atoms with Crippen molar-refractivity contribution in [3.8, 4) is 5.75 Å². The third-order valence-electron chi connectivity index (χ3n) is 9.67. The van der Waals surface area contributed by atoms with Gasteiger partial charge in [-0.3, -0.25) is 0 Å². The summed E-state index contributed by atoms with van der Waals surface area (Å²) in [7, 11) is 1.69. The van der Waals surface area contributed by atoms with E-state index >= 15 is 0 Å². The number of benzene rings is 3. The molecule has 0 amide bonds. The van der Waals surface area contributed by atoms with Crippen molar-refractivity contribution >= 4 is 27.8 Å². The van der Waals surface area contributed by atoms with Crippen LogP contribution in [-0.4, -0.2) is 53.3 Å². The van der Waals surface area contributed by atoms with E-state index in [1.807, 2.05) is 0 Å². The van der Waals surface area contributed by atoms with E-state index in [2.05, 4.69) is 86.2 Å². The lowest BCUT2D eigenvalue weighted by Crippen LogP contribution is -2.26. The van der Waals surface area contributed by atoms with E-state index in [4.69, 9.17) is 19.4 Å². The van der Waals surface area contributed by atoms with Crippen molar-refractivity contribution in [2.75, 3.05) is 38.3 Å². The number of rotatable bonds is 9. The molecule has 3 fully saturated rings. The Balaban J connectivity index is 1.13. The SMILES string of the molecule is COCCOc1ccc(N2[C@@H](c3ccc4nc([C@@H]5CCCN5)[nH]c4c3)CC[C@H]2c2ccc3nc([C@@H]4CCCN4)[nH]c3c2)cc1. The topological polar surface area (TPSA) is 103 Å². The number of imidazole rings is 2. The summed E-state index contributed by atoms with van der Waals surface area (Å²) in [6.45, 7) is 3.23. The molecule has 0 radical (unpaired) electrons. The Morgan fingerprint density at radius 3 is 1.77 bits per heavy atom. The number of nitrogens with one attached hydrogen (secondary N) is 4. The Kier molecular flexibility index (Phi) is 7.45. The first-order valence-electron chi connectivity index (χ1n) is 16.2. The number of aromatic amines is 2. The van der Waals surface area contributed by atoms with Gasteiger partial charge in [-0.15, -0.1) is 0 Å². The van der Waals surface area contributed by atoms with E-state index in [0.717, 1.165) is 78.2 Å². The van der Waals surface area contributed by atoms with Gasteiger partial charge >= 0.3 is 0 Å². The molecule has 0 aliphatic carbocycles. The summed E-state index contributed by atoms with van der Waals surface area (Å²) in [5.74, 6) is 2.97. The van der Waals surface area contributed by atoms with Crippen molar-refractivity contribution in [3.63, 3.8) is 0 Å². The minimum Gasteiger partial charge on any atom is -0.491 e. The maximum absolute atomic E-state index is 5.90. The molecule has 0 bridgehead atoms. The summed E-state index contributed by atoms with van der Waals surface area (Å²) in [5, 5.41) is 7.15. The fourth-order valence-corrected chi connectivity index (χ4v) is 7.46. The van der Waals surface area contributed by atoms with Crippen LogP contribution in [0.3, 0.4) is 0 Å². The van der Waals surface area contributed by atoms with E-state index in [1.54, 1.807) is 7.11 Å². The molecule has 3 aliphatic rings. The van der Waals surface area contributed by atoms with Gasteiger partial charge in [-0.1, -0.05) is 12.1 Å². The summed E-state index contributed by atoms with van der Waals surface area (Å²) < 4.78 is 11.1. The molecule has 0 unspecified atom stereocenters. The van der Waals surface area contributed by atoms with Crippen molar-refractivity contribution in [3.05, 3.63) is 83.4 Å². The van der Waals surface area contributed by atoms with Crippen LogP contribution in [-0.2, 0) is 4.74 Å². The number of hydrogen-bond donors (Lipinski definition) is 4. The zero-order valence-electron chi connectivity index (χ0n) is 25.3. The second-order valence-electron chi connectivity index (χ2n) is 12.4. The quantitative estimate of drug-likeness (QED) is 0.147. The summed E-state index contributed by atoms with van der Waals surface area (Å²) in [4.78, 5) is 19.8. The molecule has 4 atom stereocenters. The van der Waals surface area contributed by atoms with Crippen molar-refractivity contribution in [2.45, 2.75) is 62.7 Å². The van der Waals surface area contributed by atoms with Gasteiger partial charge in [0.25, 0.3) is 0 Å². The Hall–Kier alpha value is -3.92. The summed E-state index contributed by atoms with van der Waals surface area (Å²) in [6.07, 6.45) is 6.79. The molecule has 3 aromatic carbocycles. The maximum atomic E-state index is 5.90. The Labute approximate surface area is 257 Å². The van der Waals surface area contributed by atoms with Crippen LogP contribution in [0.25, 0.3) is 22.1 Å². The number of fused-ring (bicyclic) bond motifs is 2. The number of ether oxygens (including phenoxy) is 2. The second-order valence-corrected chi connectivity index (χ2v) is 12.4. The highest BCUT2D eigenvalue weighted by atomic mass is 16.5. The first-order chi connectivity index (χ1) is 21.7. The van der Waals surface area contributed by atoms with Crippen LogP contribution >= 0.6 is 0 Å². The molecule has 228 valence electrons. The largest absolute Gasteiger partial charge is 0.491 e. The molecular weight excluding hydrogens is 550 g/mol. The molecule has 0 spiro atoms. The van der Waals surface area contributed by atoms with Crippen LogP contribution < -0.4 is 20.3 Å². The predicted octanol–water partition coefficient (Wildman–Crippen LogP) is 6.40. The molecule has 3 aliphatic heterocycles. The van der Waals surface area contributed by atoms with Gasteiger partial charge in [0.15, 0.2) is 0 Å². The lowest BCUT2D eigenvalue weighted by molar-refractivity contribution is 0.146. The molecule has 2 aromatic heterocycles. The molecule has 5 aromatic rings. The number of anilines is 1. The van der Waals surface area contributed by atoms with Gasteiger partial charge in [-0.2, -0.15) is 0 Å². The number of nitrogens with zero attached hydrogens (tertiary/aromatic N) is 3. The molecule has 44 heavy (non-hydrogen) atoms. The van der Waals surface area contributed by atoms with Crippen LogP contribution in [0.5, 0.6) is 5.75 Å². The second kappa shape index (κ2) is 11.9. The fraction of sp³-hybridized carbons (Fsp3) is 0.429. The summed E-state index contributed by atoms with van der Waals surface area (Å²) in [5.41, 5.74) is 8.12. The zero-order chi connectivity index (χ0) is 29.5. The van der Waals surface area contributed by atoms with E-state index in [1.165, 1.54) is 29.7 Å². The summed E-state index contributed by atoms with van der Waals surface area (Å²) in [6, 6.07) is 23.2. The Morgan fingerprint density at radius 2 is 1.27 bits per heavy atom. The molecular formula is C35H41N7O2. The van der Waals surface area contributed by atoms with Crippen LogP contribution in [0.1, 0.15) is 85.5 Å². The number of aromatic nitrogens is 4. The van der Waals surface area contributed by atoms with Gasteiger partial charge in [0.1, 0.15) is 24.0 Å². The van der Waals surface area contributed by atoms with Crippen molar-refractivity contribution in [1.29, 1.82) is 0 Å². The van der Waals surface area contributed by atoms with Gasteiger partial charge in [0.2, 0.25) is 0 Å². The monoisotopic (exact) mass is 591 g/mol. The van der Waals surface area contributed by atoms with E-state index < -0.39 is 0 Å². The van der Waals surface area contributed by atoms with E-state index in [-0.39, 0.29) is 12.1 Å². The highest BCUT2D eigenvalue weighted by molar-refractivity contribution is 5.78. The molecule has 8 rings (SSSR count). The normalized spacial score (nSPS) is 23.8. The highest BCUT2D eigenvalue weighted by Crippen LogP contribution is 2.48. The highest BCUT2D eigenvalue weighted by Gasteiger charge is 2.36. The van der Waals surface area contributed by atoms with Crippen molar-refractivity contribution in [2.24, 2.45) is 0 Å². The van der Waals surface area contributed by atoms with E-state index in [0.29, 0.717) is 25.3 Å². The van der Waals surface area contributed by atoms with Gasteiger partial charge in [0, 0.05) is 12.8 Å². The van der Waals surface area contributed by atoms with Gasteiger partial charge in [0.05, 0.1) is 52.8 Å². The lowest BCUT2D eigenvalue weighted by atomic mass is 10.0. The zero-order valence-corrected chi connectivity index (χ0v) is 25.3. The Bertz CT molecular complexity index is 1630. The lowest BCUT2D eigenvalue weighted by Gasteiger charge is -2.33. The van der Waals surface area contributed by atoms with Crippen LogP contribution in [0.15, 0.2) is 60.7 Å². The standard InChI is InChI=1S/C35H41N7O2/c1-43-18-19-44-25-10-8-24(9-11-25)42-32(22-6-12-26-30(20-22)40-34(38-26)28-4-2-16-36-28)14-15-33(42)23-7-13-27-31(21-23)41-35(39-27)29-5-3-17-37-29/h6-13,20-21,28-29,32-33,36-37H,2-5,14-19H2,1H3,(H,38,40)(H,39,41)/t28-,29-,32-,33+/m0/s1. The number of hydrogen-bond acceptors (Lipinski definition) is 7. The van der Waals surface area contributed by atoms with Gasteiger partial charge in [-0.05, 0) is 111 Å². The molecule has 4 N–H and O–H groups in total. The van der Waals surface area contributed by atoms with Gasteiger partial charge < -0.3 is 35.0 Å². The summed E-state index contributed by atoms with van der Waals surface area (Å²) >= 11 is 0. The third kappa shape index (κ3) is 5.23.